The van der Waals surface area contributed by atoms with Crippen LogP contribution in [0.1, 0.15) is 62.3 Å². The lowest BCUT2D eigenvalue weighted by Crippen LogP contribution is -2.23. The van der Waals surface area contributed by atoms with E-state index in [2.05, 4.69) is 20.9 Å². The molecule has 0 aliphatic carbocycles. The van der Waals surface area contributed by atoms with Gasteiger partial charge in [0.15, 0.2) is 17.2 Å². The summed E-state index contributed by atoms with van der Waals surface area (Å²) in [6, 6.07) is 4.84. The minimum Gasteiger partial charge on any atom is -0.508 e. The van der Waals surface area contributed by atoms with Gasteiger partial charge in [-0.3, -0.25) is 4.79 Å². The number of benzene rings is 1. The third kappa shape index (κ3) is 4.72. The van der Waals surface area contributed by atoms with Gasteiger partial charge in [0.1, 0.15) is 17.1 Å². The predicted molar refractivity (Wildman–Crippen MR) is 115 cm³/mol. The molecule has 1 aromatic carbocycles. The summed E-state index contributed by atoms with van der Waals surface area (Å²) in [4.78, 5) is 12.6. The second-order valence-electron chi connectivity index (χ2n) is 7.90. The van der Waals surface area contributed by atoms with Crippen LogP contribution >= 0.6 is 0 Å². The van der Waals surface area contributed by atoms with Crippen molar-refractivity contribution in [1.82, 2.24) is 20.9 Å². The van der Waals surface area contributed by atoms with E-state index in [-0.39, 0.29) is 51.8 Å². The fourth-order valence-corrected chi connectivity index (χ4v) is 3.16. The number of carbonyl (C=O) groups excluding carboxylic acids is 1. The van der Waals surface area contributed by atoms with Crippen LogP contribution in [0.15, 0.2) is 27.2 Å². The third-order valence-corrected chi connectivity index (χ3v) is 4.75. The minimum absolute atomic E-state index is 0.00688. The zero-order valence-electron chi connectivity index (χ0n) is 18.3. The van der Waals surface area contributed by atoms with Crippen LogP contribution in [-0.4, -0.2) is 39.0 Å². The first-order valence-electron chi connectivity index (χ1n) is 10.3. The van der Waals surface area contributed by atoms with E-state index in [9.17, 15) is 15.0 Å². The molecule has 0 aliphatic heterocycles. The highest BCUT2D eigenvalue weighted by Gasteiger charge is 2.29. The number of amides is 1. The first-order valence-corrected chi connectivity index (χ1v) is 10.3. The van der Waals surface area contributed by atoms with E-state index in [1.807, 2.05) is 27.7 Å². The molecule has 9 heteroatoms. The van der Waals surface area contributed by atoms with Crippen molar-refractivity contribution in [2.75, 3.05) is 6.54 Å². The van der Waals surface area contributed by atoms with Crippen LogP contribution in [-0.2, 0) is 6.54 Å². The van der Waals surface area contributed by atoms with Gasteiger partial charge in [-0.1, -0.05) is 38.0 Å². The van der Waals surface area contributed by atoms with E-state index in [4.69, 9.17) is 9.05 Å². The number of aromatic nitrogens is 2. The summed E-state index contributed by atoms with van der Waals surface area (Å²) in [5.74, 6) is -0.233. The van der Waals surface area contributed by atoms with Crippen LogP contribution in [0.5, 0.6) is 11.5 Å². The van der Waals surface area contributed by atoms with Crippen molar-refractivity contribution in [3.63, 3.8) is 0 Å². The van der Waals surface area contributed by atoms with Crippen LogP contribution in [0.25, 0.3) is 22.6 Å². The number of hydrogen-bond acceptors (Lipinski definition) is 8. The molecule has 4 N–H and O–H groups in total. The van der Waals surface area contributed by atoms with Crippen LogP contribution < -0.4 is 10.6 Å². The average Bonchev–Trinajstić information content (AvgIpc) is 3.33. The topological polar surface area (TPSA) is 134 Å². The molecule has 0 saturated carbocycles. The molecule has 166 valence electrons. The largest absolute Gasteiger partial charge is 0.508 e. The number of nitrogens with zero attached hydrogens (tertiary/aromatic N) is 2. The van der Waals surface area contributed by atoms with Crippen molar-refractivity contribution in [3.05, 3.63) is 35.2 Å². The number of aromatic hydroxyl groups is 2. The molecule has 0 unspecified atom stereocenters. The van der Waals surface area contributed by atoms with Gasteiger partial charge >= 0.3 is 0 Å². The highest BCUT2D eigenvalue weighted by atomic mass is 16.5. The molecule has 9 nitrogen and oxygen atoms in total. The molecule has 0 bridgehead atoms. The number of phenols is 2. The molecular weight excluding hydrogens is 400 g/mol. The molecule has 0 fully saturated rings. The summed E-state index contributed by atoms with van der Waals surface area (Å²) in [5.41, 5.74) is 1.86. The van der Waals surface area contributed by atoms with Crippen molar-refractivity contribution < 1.29 is 24.1 Å². The highest BCUT2D eigenvalue weighted by Crippen LogP contribution is 2.43. The van der Waals surface area contributed by atoms with E-state index in [0.717, 1.165) is 0 Å². The van der Waals surface area contributed by atoms with Gasteiger partial charge in [0.25, 0.3) is 5.91 Å². The number of phenolic OH excluding ortho intramolecular Hbond substituents is 2. The van der Waals surface area contributed by atoms with Gasteiger partial charge in [-0.2, -0.15) is 0 Å². The summed E-state index contributed by atoms with van der Waals surface area (Å²) >= 11 is 0. The normalized spacial score (nSPS) is 11.5. The lowest BCUT2D eigenvalue weighted by Gasteiger charge is -2.11. The van der Waals surface area contributed by atoms with E-state index in [1.165, 1.54) is 6.07 Å². The molecule has 31 heavy (non-hydrogen) atoms. The minimum atomic E-state index is -0.437. The monoisotopic (exact) mass is 428 g/mol. The van der Waals surface area contributed by atoms with E-state index in [0.29, 0.717) is 24.3 Å². The Kier molecular flexibility index (Phi) is 6.65. The van der Waals surface area contributed by atoms with Gasteiger partial charge < -0.3 is 29.9 Å². The average molecular weight is 428 g/mol. The summed E-state index contributed by atoms with van der Waals surface area (Å²) in [7, 11) is 0. The number of rotatable bonds is 8. The quantitative estimate of drug-likeness (QED) is 0.426. The number of carbonyl (C=O) groups is 1. The molecule has 2 heterocycles. The number of nitrogens with one attached hydrogen (secondary N) is 2. The van der Waals surface area contributed by atoms with Crippen LogP contribution in [0.2, 0.25) is 0 Å². The van der Waals surface area contributed by atoms with E-state index in [1.54, 1.807) is 19.1 Å². The van der Waals surface area contributed by atoms with Crippen LogP contribution in [0.3, 0.4) is 0 Å². The molecule has 3 rings (SSSR count). The van der Waals surface area contributed by atoms with Gasteiger partial charge in [-0.05, 0) is 24.5 Å². The Morgan fingerprint density at radius 1 is 1.06 bits per heavy atom. The van der Waals surface area contributed by atoms with Crippen molar-refractivity contribution in [3.8, 4) is 34.1 Å². The van der Waals surface area contributed by atoms with Gasteiger partial charge in [0.2, 0.25) is 0 Å². The summed E-state index contributed by atoms with van der Waals surface area (Å²) in [6.45, 7) is 10.6. The van der Waals surface area contributed by atoms with Crippen molar-refractivity contribution in [2.45, 2.75) is 53.1 Å². The van der Waals surface area contributed by atoms with Crippen molar-refractivity contribution in [1.29, 1.82) is 0 Å². The lowest BCUT2D eigenvalue weighted by molar-refractivity contribution is 0.0947. The molecule has 0 atom stereocenters. The zero-order valence-corrected chi connectivity index (χ0v) is 18.3. The molecule has 0 spiro atoms. The fraction of sp³-hybridized carbons (Fsp3) is 0.409. The lowest BCUT2D eigenvalue weighted by atomic mass is 9.95. The Morgan fingerprint density at radius 3 is 2.45 bits per heavy atom. The SMILES string of the molecule is CCNC(=O)c1noc(-c2cc(C(C)C)c(O)cc2O)c1-c1cc(CNC(C)C)no1. The van der Waals surface area contributed by atoms with Crippen LogP contribution in [0.4, 0.5) is 0 Å². The molecular formula is C22H28N4O5. The van der Waals surface area contributed by atoms with Gasteiger partial charge in [-0.15, -0.1) is 0 Å². The maximum atomic E-state index is 12.6. The smallest absolute Gasteiger partial charge is 0.274 e. The Bertz CT molecular complexity index is 1070. The zero-order chi connectivity index (χ0) is 22.7. The maximum absolute atomic E-state index is 12.6. The first kappa shape index (κ1) is 22.4. The second kappa shape index (κ2) is 9.22. The molecule has 1 amide bonds. The summed E-state index contributed by atoms with van der Waals surface area (Å²) < 4.78 is 11.0. The van der Waals surface area contributed by atoms with E-state index >= 15 is 0 Å². The Morgan fingerprint density at radius 2 is 1.81 bits per heavy atom. The summed E-state index contributed by atoms with van der Waals surface area (Å²) in [5, 5.41) is 34.7. The van der Waals surface area contributed by atoms with Gasteiger partial charge in [0, 0.05) is 31.3 Å². The Hall–Kier alpha value is -3.33. The summed E-state index contributed by atoms with van der Waals surface area (Å²) in [6.07, 6.45) is 0. The Balaban J connectivity index is 2.15. The van der Waals surface area contributed by atoms with Crippen molar-refractivity contribution >= 4 is 5.91 Å². The number of hydrogen-bond donors (Lipinski definition) is 4. The van der Waals surface area contributed by atoms with Crippen LogP contribution in [0, 0.1) is 0 Å². The highest BCUT2D eigenvalue weighted by molar-refractivity contribution is 6.01. The van der Waals surface area contributed by atoms with E-state index < -0.39 is 5.91 Å². The second-order valence-corrected chi connectivity index (χ2v) is 7.90. The first-order chi connectivity index (χ1) is 14.7. The molecule has 0 saturated heterocycles. The van der Waals surface area contributed by atoms with Gasteiger partial charge in [0.05, 0.1) is 11.3 Å². The Labute approximate surface area is 180 Å². The maximum Gasteiger partial charge on any atom is 0.274 e. The fourth-order valence-electron chi connectivity index (χ4n) is 3.16. The van der Waals surface area contributed by atoms with Crippen molar-refractivity contribution in [2.24, 2.45) is 0 Å². The standard InChI is InChI=1S/C22H28N4O5/c1-6-23-22(29)20-19(18-7-13(25-30-18)10-24-12(4)5)21(31-26-20)15-8-14(11(2)3)16(27)9-17(15)28/h7-9,11-12,24,27-28H,6,10H2,1-5H3,(H,23,29). The predicted octanol–water partition coefficient (Wildman–Crippen LogP) is 3.78. The third-order valence-electron chi connectivity index (χ3n) is 4.75. The van der Waals surface area contributed by atoms with Gasteiger partial charge in [-0.25, -0.2) is 0 Å². The molecule has 0 aliphatic rings. The molecule has 3 aromatic rings. The molecule has 2 aromatic heterocycles. The molecule has 0 radical (unpaired) electrons.